The summed E-state index contributed by atoms with van der Waals surface area (Å²) < 4.78 is 1.15. The van der Waals surface area contributed by atoms with E-state index in [1.807, 2.05) is 0 Å². The van der Waals surface area contributed by atoms with Gasteiger partial charge in [-0.2, -0.15) is 0 Å². The Balaban J connectivity index is 2.01. The molecule has 1 fully saturated rings. The summed E-state index contributed by atoms with van der Waals surface area (Å²) >= 11 is 3.53. The first kappa shape index (κ1) is 14.5. The molecule has 1 N–H and O–H groups in total. The highest BCUT2D eigenvalue weighted by Crippen LogP contribution is 2.33. The van der Waals surface area contributed by atoms with Gasteiger partial charge in [-0.05, 0) is 56.5 Å². The van der Waals surface area contributed by atoms with Crippen LogP contribution in [0.15, 0.2) is 22.7 Å². The summed E-state index contributed by atoms with van der Waals surface area (Å²) in [7, 11) is 0. The number of hydrogen-bond donors (Lipinski definition) is 1. The predicted molar refractivity (Wildman–Crippen MR) is 79.3 cm³/mol. The van der Waals surface area contributed by atoms with Crippen LogP contribution in [-0.4, -0.2) is 29.1 Å². The molecule has 19 heavy (non-hydrogen) atoms. The Hall–Kier alpha value is -0.870. The molecule has 1 aliphatic rings. The maximum atomic E-state index is 10.6. The third-order valence-corrected chi connectivity index (χ3v) is 4.66. The average molecular weight is 326 g/mol. The van der Waals surface area contributed by atoms with Gasteiger partial charge < -0.3 is 5.11 Å². The monoisotopic (exact) mass is 325 g/mol. The van der Waals surface area contributed by atoms with E-state index in [-0.39, 0.29) is 6.42 Å². The Morgan fingerprint density at radius 2 is 2.32 bits per heavy atom. The molecule has 0 amide bonds. The second-order valence-corrected chi connectivity index (χ2v) is 6.05. The van der Waals surface area contributed by atoms with Crippen molar-refractivity contribution < 1.29 is 9.90 Å². The maximum Gasteiger partial charge on any atom is 0.303 e. The molecule has 4 heteroatoms. The lowest BCUT2D eigenvalue weighted by molar-refractivity contribution is -0.137. The number of halogens is 1. The van der Waals surface area contributed by atoms with Crippen LogP contribution in [0.2, 0.25) is 0 Å². The van der Waals surface area contributed by atoms with E-state index in [9.17, 15) is 4.79 Å². The molecule has 2 rings (SSSR count). The van der Waals surface area contributed by atoms with Gasteiger partial charge in [-0.25, -0.2) is 0 Å². The van der Waals surface area contributed by atoms with Crippen molar-refractivity contribution in [2.24, 2.45) is 0 Å². The van der Waals surface area contributed by atoms with E-state index in [1.165, 1.54) is 24.0 Å². The van der Waals surface area contributed by atoms with E-state index in [1.54, 1.807) is 0 Å². The van der Waals surface area contributed by atoms with E-state index in [0.29, 0.717) is 6.04 Å². The van der Waals surface area contributed by atoms with Crippen LogP contribution in [0.3, 0.4) is 0 Å². The summed E-state index contributed by atoms with van der Waals surface area (Å²) in [6.07, 6.45) is 3.38. The first-order chi connectivity index (χ1) is 9.08. The van der Waals surface area contributed by atoms with E-state index in [4.69, 9.17) is 5.11 Å². The number of hydrogen-bond acceptors (Lipinski definition) is 2. The maximum absolute atomic E-state index is 10.6. The Morgan fingerprint density at radius 3 is 3.00 bits per heavy atom. The fourth-order valence-corrected chi connectivity index (χ4v) is 3.03. The van der Waals surface area contributed by atoms with E-state index in [0.717, 1.165) is 24.0 Å². The second-order valence-electron chi connectivity index (χ2n) is 5.20. The summed E-state index contributed by atoms with van der Waals surface area (Å²) in [6, 6.07) is 6.99. The third-order valence-electron chi connectivity index (χ3n) is 3.77. The van der Waals surface area contributed by atoms with Crippen molar-refractivity contribution in [3.8, 4) is 0 Å². The molecule has 1 aliphatic heterocycles. The smallest absolute Gasteiger partial charge is 0.303 e. The van der Waals surface area contributed by atoms with Crippen molar-refractivity contribution in [3.05, 3.63) is 33.8 Å². The Bertz CT molecular complexity index is 461. The van der Waals surface area contributed by atoms with E-state index in [2.05, 4.69) is 46.0 Å². The van der Waals surface area contributed by atoms with Gasteiger partial charge in [0.1, 0.15) is 0 Å². The number of benzene rings is 1. The number of carbonyl (C=O) groups is 1. The summed E-state index contributed by atoms with van der Waals surface area (Å²) in [5.41, 5.74) is 2.61. The van der Waals surface area contributed by atoms with Crippen LogP contribution in [0.1, 0.15) is 42.9 Å². The van der Waals surface area contributed by atoms with Crippen molar-refractivity contribution in [3.63, 3.8) is 0 Å². The summed E-state index contributed by atoms with van der Waals surface area (Å²) in [5, 5.41) is 8.71. The second kappa shape index (κ2) is 6.53. The topological polar surface area (TPSA) is 40.5 Å². The standard InChI is InChI=1S/C15H20BrNO2/c1-11-10-12(6-7-13(11)16)14-4-2-8-17(14)9-3-5-15(18)19/h6-7,10,14H,2-5,8-9H2,1H3,(H,18,19). The summed E-state index contributed by atoms with van der Waals surface area (Å²) in [5.74, 6) is -0.699. The molecule has 1 saturated heterocycles. The normalized spacial score (nSPS) is 19.8. The van der Waals surface area contributed by atoms with Crippen molar-refractivity contribution in [1.82, 2.24) is 4.90 Å². The first-order valence-electron chi connectivity index (χ1n) is 6.80. The highest BCUT2D eigenvalue weighted by atomic mass is 79.9. The van der Waals surface area contributed by atoms with Crippen molar-refractivity contribution >= 4 is 21.9 Å². The highest BCUT2D eigenvalue weighted by Gasteiger charge is 2.25. The van der Waals surface area contributed by atoms with Gasteiger partial charge in [0.15, 0.2) is 0 Å². The number of aliphatic carboxylic acids is 1. The van der Waals surface area contributed by atoms with Crippen LogP contribution < -0.4 is 0 Å². The van der Waals surface area contributed by atoms with Gasteiger partial charge in [0.2, 0.25) is 0 Å². The zero-order chi connectivity index (χ0) is 13.8. The highest BCUT2D eigenvalue weighted by molar-refractivity contribution is 9.10. The van der Waals surface area contributed by atoms with Gasteiger partial charge in [-0.3, -0.25) is 9.69 Å². The number of carboxylic acids is 1. The van der Waals surface area contributed by atoms with Gasteiger partial charge in [-0.15, -0.1) is 0 Å². The molecule has 104 valence electrons. The minimum Gasteiger partial charge on any atom is -0.481 e. The lowest BCUT2D eigenvalue weighted by Gasteiger charge is -2.25. The molecule has 0 aromatic heterocycles. The van der Waals surface area contributed by atoms with Crippen molar-refractivity contribution in [2.45, 2.75) is 38.6 Å². The van der Waals surface area contributed by atoms with Crippen LogP contribution in [0.25, 0.3) is 0 Å². The zero-order valence-corrected chi connectivity index (χ0v) is 12.8. The van der Waals surface area contributed by atoms with E-state index < -0.39 is 5.97 Å². The van der Waals surface area contributed by atoms with Crippen molar-refractivity contribution in [1.29, 1.82) is 0 Å². The molecular formula is C15H20BrNO2. The summed E-state index contributed by atoms with van der Waals surface area (Å²) in [4.78, 5) is 13.0. The summed E-state index contributed by atoms with van der Waals surface area (Å²) in [6.45, 7) is 4.07. The minimum absolute atomic E-state index is 0.266. The third kappa shape index (κ3) is 3.80. The molecule has 0 aliphatic carbocycles. The Kier molecular flexibility index (Phi) is 4.99. The SMILES string of the molecule is Cc1cc(C2CCCN2CCCC(=O)O)ccc1Br. The van der Waals surface area contributed by atoms with Crippen LogP contribution >= 0.6 is 15.9 Å². The van der Waals surface area contributed by atoms with Gasteiger partial charge in [0, 0.05) is 16.9 Å². The quantitative estimate of drug-likeness (QED) is 0.896. The number of carboxylic acid groups (broad SMARTS) is 1. The lowest BCUT2D eigenvalue weighted by Crippen LogP contribution is -2.25. The van der Waals surface area contributed by atoms with Gasteiger partial charge in [0.25, 0.3) is 0 Å². The van der Waals surface area contributed by atoms with Crippen LogP contribution in [0, 0.1) is 6.92 Å². The Morgan fingerprint density at radius 1 is 1.53 bits per heavy atom. The molecule has 0 radical (unpaired) electrons. The molecular weight excluding hydrogens is 306 g/mol. The molecule has 0 bridgehead atoms. The average Bonchev–Trinajstić information content (AvgIpc) is 2.80. The fraction of sp³-hybridized carbons (Fsp3) is 0.533. The van der Waals surface area contributed by atoms with Gasteiger partial charge in [0.05, 0.1) is 0 Å². The number of aryl methyl sites for hydroxylation is 1. The van der Waals surface area contributed by atoms with Crippen LogP contribution in [0.4, 0.5) is 0 Å². The molecule has 0 saturated carbocycles. The molecule has 1 heterocycles. The van der Waals surface area contributed by atoms with Gasteiger partial charge in [-0.1, -0.05) is 28.1 Å². The number of rotatable bonds is 5. The Labute approximate surface area is 122 Å². The first-order valence-corrected chi connectivity index (χ1v) is 7.59. The largest absolute Gasteiger partial charge is 0.481 e. The zero-order valence-electron chi connectivity index (χ0n) is 11.2. The van der Waals surface area contributed by atoms with Crippen molar-refractivity contribution in [2.75, 3.05) is 13.1 Å². The predicted octanol–water partition coefficient (Wildman–Crippen LogP) is 3.76. The fourth-order valence-electron chi connectivity index (χ4n) is 2.78. The van der Waals surface area contributed by atoms with Crippen LogP contribution in [0.5, 0.6) is 0 Å². The van der Waals surface area contributed by atoms with Gasteiger partial charge >= 0.3 is 5.97 Å². The number of likely N-dealkylation sites (tertiary alicyclic amines) is 1. The molecule has 1 aromatic rings. The number of nitrogens with zero attached hydrogens (tertiary/aromatic N) is 1. The molecule has 3 nitrogen and oxygen atoms in total. The molecule has 0 spiro atoms. The minimum atomic E-state index is -0.699. The molecule has 1 aromatic carbocycles. The molecule has 1 atom stereocenters. The van der Waals surface area contributed by atoms with E-state index >= 15 is 0 Å². The lowest BCUT2D eigenvalue weighted by atomic mass is 10.0. The molecule has 1 unspecified atom stereocenters. The van der Waals surface area contributed by atoms with Crippen LogP contribution in [-0.2, 0) is 4.79 Å².